The molecule has 1 aliphatic heterocycles. The van der Waals surface area contributed by atoms with Crippen LogP contribution < -0.4 is 10.6 Å². The van der Waals surface area contributed by atoms with E-state index in [4.69, 9.17) is 0 Å². The lowest BCUT2D eigenvalue weighted by Gasteiger charge is -2.16. The monoisotopic (exact) mass is 389 g/mol. The fourth-order valence-electron chi connectivity index (χ4n) is 1.59. The molecule has 1 heterocycles. The summed E-state index contributed by atoms with van der Waals surface area (Å²) in [6, 6.07) is 0.325. The average molecular weight is 389 g/mol. The standard InChI is InChI=1S/C11H11F4N3.HI/c12-7-4-8(13)10(15)9(14)6(7)5-18-11-16-2-1-3-17-11;/h4H,1-3,5H2,(H2,16,17,18);1H. The van der Waals surface area contributed by atoms with Gasteiger partial charge in [-0.05, 0) is 6.42 Å². The zero-order valence-electron chi connectivity index (χ0n) is 9.77. The topological polar surface area (TPSA) is 36.4 Å². The number of guanidine groups is 1. The van der Waals surface area contributed by atoms with E-state index in [2.05, 4.69) is 15.6 Å². The number of rotatable bonds is 2. The van der Waals surface area contributed by atoms with Gasteiger partial charge in [-0.15, -0.1) is 24.0 Å². The van der Waals surface area contributed by atoms with Crippen molar-refractivity contribution in [2.75, 3.05) is 13.1 Å². The molecule has 19 heavy (non-hydrogen) atoms. The van der Waals surface area contributed by atoms with Crippen LogP contribution in [0.15, 0.2) is 11.1 Å². The first kappa shape index (κ1) is 16.0. The van der Waals surface area contributed by atoms with Crippen LogP contribution in [0.25, 0.3) is 0 Å². The molecular weight excluding hydrogens is 377 g/mol. The number of benzene rings is 1. The van der Waals surface area contributed by atoms with Gasteiger partial charge in [-0.1, -0.05) is 0 Å². The van der Waals surface area contributed by atoms with Crippen molar-refractivity contribution in [2.24, 2.45) is 4.99 Å². The zero-order valence-corrected chi connectivity index (χ0v) is 12.1. The first-order valence-electron chi connectivity index (χ1n) is 5.43. The Balaban J connectivity index is 0.00000180. The summed E-state index contributed by atoms with van der Waals surface area (Å²) in [5.74, 6) is -5.47. The molecule has 3 nitrogen and oxygen atoms in total. The van der Waals surface area contributed by atoms with Crippen LogP contribution in [-0.2, 0) is 6.54 Å². The minimum absolute atomic E-state index is 0. The maximum absolute atomic E-state index is 13.3. The third-order valence-corrected chi connectivity index (χ3v) is 2.54. The summed E-state index contributed by atoms with van der Waals surface area (Å²) in [4.78, 5) is 4.03. The lowest BCUT2D eigenvalue weighted by molar-refractivity contribution is 0.423. The second kappa shape index (κ2) is 6.92. The van der Waals surface area contributed by atoms with Gasteiger partial charge in [0.15, 0.2) is 23.4 Å². The second-order valence-corrected chi connectivity index (χ2v) is 3.81. The van der Waals surface area contributed by atoms with Gasteiger partial charge in [0.05, 0.1) is 0 Å². The number of aliphatic imine (C=N–C) groups is 1. The van der Waals surface area contributed by atoms with Gasteiger partial charge in [-0.3, -0.25) is 4.99 Å². The number of nitrogens with one attached hydrogen (secondary N) is 2. The van der Waals surface area contributed by atoms with E-state index in [1.807, 2.05) is 0 Å². The normalized spacial score (nSPS) is 14.2. The Morgan fingerprint density at radius 2 is 1.89 bits per heavy atom. The summed E-state index contributed by atoms with van der Waals surface area (Å²) in [6.07, 6.45) is 0.874. The number of nitrogens with zero attached hydrogens (tertiary/aromatic N) is 1. The van der Waals surface area contributed by atoms with Gasteiger partial charge in [0.1, 0.15) is 5.82 Å². The molecule has 0 aliphatic carbocycles. The first-order chi connectivity index (χ1) is 8.59. The van der Waals surface area contributed by atoms with Crippen LogP contribution in [0.2, 0.25) is 0 Å². The number of hydrogen-bond donors (Lipinski definition) is 2. The lowest BCUT2D eigenvalue weighted by atomic mass is 10.2. The van der Waals surface area contributed by atoms with Gasteiger partial charge in [0.25, 0.3) is 0 Å². The molecule has 0 saturated heterocycles. The van der Waals surface area contributed by atoms with E-state index in [9.17, 15) is 17.6 Å². The highest BCUT2D eigenvalue weighted by molar-refractivity contribution is 14.0. The van der Waals surface area contributed by atoms with Crippen LogP contribution in [0.1, 0.15) is 12.0 Å². The van der Waals surface area contributed by atoms with Gasteiger partial charge in [-0.2, -0.15) is 0 Å². The summed E-state index contributed by atoms with van der Waals surface area (Å²) < 4.78 is 52.3. The molecule has 8 heteroatoms. The number of halogens is 5. The molecular formula is C11H12F4IN3. The Kier molecular flexibility index (Phi) is 5.83. The van der Waals surface area contributed by atoms with Crippen molar-refractivity contribution in [3.63, 3.8) is 0 Å². The molecule has 0 amide bonds. The van der Waals surface area contributed by atoms with Crippen LogP contribution in [0.4, 0.5) is 17.6 Å². The third-order valence-electron chi connectivity index (χ3n) is 2.54. The summed E-state index contributed by atoms with van der Waals surface area (Å²) in [5, 5.41) is 5.52. The van der Waals surface area contributed by atoms with Crippen LogP contribution >= 0.6 is 24.0 Å². The van der Waals surface area contributed by atoms with E-state index in [1.165, 1.54) is 0 Å². The Morgan fingerprint density at radius 3 is 2.53 bits per heavy atom. The van der Waals surface area contributed by atoms with Gasteiger partial charge in [0.2, 0.25) is 0 Å². The Bertz CT molecular complexity index is 493. The molecule has 1 aromatic rings. The molecule has 106 valence electrons. The summed E-state index contributed by atoms with van der Waals surface area (Å²) in [7, 11) is 0. The van der Waals surface area contributed by atoms with Gasteiger partial charge >= 0.3 is 0 Å². The fraction of sp³-hybridized carbons (Fsp3) is 0.364. The Labute approximate surface area is 124 Å². The molecule has 0 radical (unpaired) electrons. The van der Waals surface area contributed by atoms with E-state index >= 15 is 0 Å². The molecule has 2 rings (SSSR count). The summed E-state index contributed by atoms with van der Waals surface area (Å²) in [5.41, 5.74) is -0.552. The molecule has 0 spiro atoms. The largest absolute Gasteiger partial charge is 0.356 e. The predicted molar refractivity (Wildman–Crippen MR) is 73.5 cm³/mol. The van der Waals surface area contributed by atoms with Gasteiger partial charge in [0, 0.05) is 31.3 Å². The molecule has 0 aromatic heterocycles. The van der Waals surface area contributed by atoms with Gasteiger partial charge in [-0.25, -0.2) is 17.6 Å². The van der Waals surface area contributed by atoms with E-state index < -0.39 is 28.8 Å². The van der Waals surface area contributed by atoms with Crippen LogP contribution in [0.3, 0.4) is 0 Å². The molecule has 0 fully saturated rings. The summed E-state index contributed by atoms with van der Waals surface area (Å²) in [6.45, 7) is 1.01. The van der Waals surface area contributed by atoms with Crippen molar-refractivity contribution in [3.05, 3.63) is 34.9 Å². The number of hydrogen-bond acceptors (Lipinski definition) is 3. The highest BCUT2D eigenvalue weighted by Crippen LogP contribution is 2.18. The third kappa shape index (κ3) is 3.71. The smallest absolute Gasteiger partial charge is 0.194 e. The first-order valence-corrected chi connectivity index (χ1v) is 5.43. The van der Waals surface area contributed by atoms with Crippen molar-refractivity contribution in [3.8, 4) is 0 Å². The SMILES string of the molecule is Fc1cc(F)c(CNC2=NCCCN2)c(F)c1F.I. The molecule has 0 atom stereocenters. The van der Waals surface area contributed by atoms with Crippen molar-refractivity contribution in [1.29, 1.82) is 0 Å². The highest BCUT2D eigenvalue weighted by Gasteiger charge is 2.19. The second-order valence-electron chi connectivity index (χ2n) is 3.81. The predicted octanol–water partition coefficient (Wildman–Crippen LogP) is 2.30. The molecule has 0 saturated carbocycles. The highest BCUT2D eigenvalue weighted by atomic mass is 127. The molecule has 0 unspecified atom stereocenters. The van der Waals surface area contributed by atoms with Crippen molar-refractivity contribution >= 4 is 29.9 Å². The minimum atomic E-state index is -1.67. The zero-order chi connectivity index (χ0) is 13.1. The van der Waals surface area contributed by atoms with E-state index in [-0.39, 0.29) is 30.5 Å². The molecule has 1 aliphatic rings. The van der Waals surface area contributed by atoms with Crippen LogP contribution in [-0.4, -0.2) is 19.0 Å². The maximum atomic E-state index is 13.3. The van der Waals surface area contributed by atoms with Crippen LogP contribution in [0.5, 0.6) is 0 Å². The average Bonchev–Trinajstić information content (AvgIpc) is 2.37. The summed E-state index contributed by atoms with van der Waals surface area (Å²) >= 11 is 0. The van der Waals surface area contributed by atoms with Crippen molar-refractivity contribution in [2.45, 2.75) is 13.0 Å². The van der Waals surface area contributed by atoms with E-state index in [0.29, 0.717) is 25.1 Å². The van der Waals surface area contributed by atoms with Gasteiger partial charge < -0.3 is 10.6 Å². The molecule has 1 aromatic carbocycles. The fourth-order valence-corrected chi connectivity index (χ4v) is 1.59. The molecule has 0 bridgehead atoms. The maximum Gasteiger partial charge on any atom is 0.194 e. The Morgan fingerprint density at radius 1 is 1.16 bits per heavy atom. The van der Waals surface area contributed by atoms with E-state index in [0.717, 1.165) is 6.42 Å². The lowest BCUT2D eigenvalue weighted by Crippen LogP contribution is -2.40. The quantitative estimate of drug-likeness (QED) is 0.353. The molecule has 2 N–H and O–H groups in total. The van der Waals surface area contributed by atoms with Crippen molar-refractivity contribution < 1.29 is 17.6 Å². The Hall–Kier alpha value is -1.06. The minimum Gasteiger partial charge on any atom is -0.356 e. The van der Waals surface area contributed by atoms with E-state index in [1.54, 1.807) is 0 Å². The van der Waals surface area contributed by atoms with Crippen molar-refractivity contribution in [1.82, 2.24) is 10.6 Å². The van der Waals surface area contributed by atoms with Crippen LogP contribution in [0, 0.1) is 23.3 Å².